The van der Waals surface area contributed by atoms with Crippen molar-refractivity contribution in [1.29, 1.82) is 0 Å². The van der Waals surface area contributed by atoms with Gasteiger partial charge in [0.05, 0.1) is 6.42 Å². The van der Waals surface area contributed by atoms with E-state index < -0.39 is 71.1 Å². The van der Waals surface area contributed by atoms with E-state index in [9.17, 15) is 24.0 Å². The average molecular weight is 639 g/mol. The van der Waals surface area contributed by atoms with Gasteiger partial charge in [-0.2, -0.15) is 0 Å². The van der Waals surface area contributed by atoms with Crippen LogP contribution in [-0.2, 0) is 35.1 Å². The van der Waals surface area contributed by atoms with Gasteiger partial charge in [-0.15, -0.1) is 0 Å². The SMILES string of the molecule is CCC(C)(C)N(C(=O)C(CC(N)=O)NC(=O)OC(C)(C)C)C(C(=O)NC(Cc1ccccc1)C(=O)OC(C)(C)C)c1ccccc1. The van der Waals surface area contributed by atoms with Crippen LogP contribution in [0.1, 0.15) is 92.3 Å². The average Bonchev–Trinajstić information content (AvgIpc) is 2.93. The first-order chi connectivity index (χ1) is 21.2. The predicted molar refractivity (Wildman–Crippen MR) is 175 cm³/mol. The molecule has 0 fully saturated rings. The van der Waals surface area contributed by atoms with Crippen molar-refractivity contribution < 1.29 is 33.4 Å². The lowest BCUT2D eigenvalue weighted by Gasteiger charge is -2.44. The molecule has 3 unspecified atom stereocenters. The van der Waals surface area contributed by atoms with Gasteiger partial charge in [0.2, 0.25) is 17.7 Å². The highest BCUT2D eigenvalue weighted by Gasteiger charge is 2.44. The van der Waals surface area contributed by atoms with Crippen LogP contribution >= 0.6 is 0 Å². The minimum Gasteiger partial charge on any atom is -0.458 e. The number of nitrogens with zero attached hydrogens (tertiary/aromatic N) is 1. The summed E-state index contributed by atoms with van der Waals surface area (Å²) < 4.78 is 11.0. The lowest BCUT2D eigenvalue weighted by atomic mass is 9.91. The minimum absolute atomic E-state index is 0.138. The number of primary amides is 1. The normalized spacial score (nSPS) is 13.8. The molecule has 11 heteroatoms. The maximum Gasteiger partial charge on any atom is 0.408 e. The highest BCUT2D eigenvalue weighted by atomic mass is 16.6. The summed E-state index contributed by atoms with van der Waals surface area (Å²) >= 11 is 0. The summed E-state index contributed by atoms with van der Waals surface area (Å²) in [6, 6.07) is 14.0. The zero-order valence-electron chi connectivity index (χ0n) is 28.5. The van der Waals surface area contributed by atoms with E-state index in [2.05, 4.69) is 10.6 Å². The van der Waals surface area contributed by atoms with Crippen LogP contribution in [0.3, 0.4) is 0 Å². The van der Waals surface area contributed by atoms with Gasteiger partial charge in [-0.1, -0.05) is 67.6 Å². The molecule has 252 valence electrons. The second kappa shape index (κ2) is 15.7. The molecule has 0 heterocycles. The molecule has 0 aliphatic carbocycles. The lowest BCUT2D eigenvalue weighted by molar-refractivity contribution is -0.159. The summed E-state index contributed by atoms with van der Waals surface area (Å²) in [5, 5.41) is 5.34. The number of ether oxygens (including phenoxy) is 2. The topological polar surface area (TPSA) is 157 Å². The molecule has 0 aromatic heterocycles. The molecule has 0 aliphatic heterocycles. The molecule has 2 aromatic rings. The van der Waals surface area contributed by atoms with Gasteiger partial charge in [-0.3, -0.25) is 14.4 Å². The molecule has 0 saturated carbocycles. The van der Waals surface area contributed by atoms with Crippen LogP contribution in [0.5, 0.6) is 0 Å². The number of hydrogen-bond acceptors (Lipinski definition) is 7. The standard InChI is InChI=1S/C35H50N4O7/c1-10-35(8,9)39(30(42)25(22-27(36)40)38-32(44)46-34(5,6)7)28(24-19-15-12-16-20-24)29(41)37-26(31(43)45-33(2,3)4)21-23-17-13-11-14-18-23/h11-20,25-26,28H,10,21-22H2,1-9H3,(H2,36,40)(H,37,41)(H,38,44). The van der Waals surface area contributed by atoms with Crippen molar-refractivity contribution in [3.05, 3.63) is 71.8 Å². The first-order valence-electron chi connectivity index (χ1n) is 15.5. The third-order valence-corrected chi connectivity index (χ3v) is 7.06. The summed E-state index contributed by atoms with van der Waals surface area (Å²) in [6.07, 6.45) is -0.926. The number of nitrogens with one attached hydrogen (secondary N) is 2. The molecule has 0 aliphatic rings. The molecular formula is C35H50N4O7. The number of benzene rings is 2. The molecular weight excluding hydrogens is 588 g/mol. The lowest BCUT2D eigenvalue weighted by Crippen LogP contribution is -2.60. The molecule has 0 bridgehead atoms. The van der Waals surface area contributed by atoms with Gasteiger partial charge in [0.1, 0.15) is 29.3 Å². The van der Waals surface area contributed by atoms with Crippen molar-refractivity contribution in [3.63, 3.8) is 0 Å². The van der Waals surface area contributed by atoms with E-state index in [1.807, 2.05) is 37.3 Å². The Morgan fingerprint density at radius 2 is 1.28 bits per heavy atom. The number of nitrogens with two attached hydrogens (primary N) is 1. The monoisotopic (exact) mass is 638 g/mol. The zero-order valence-corrected chi connectivity index (χ0v) is 28.5. The Hall–Kier alpha value is -4.41. The van der Waals surface area contributed by atoms with Crippen molar-refractivity contribution in [2.45, 2.75) is 116 Å². The molecule has 0 radical (unpaired) electrons. The van der Waals surface area contributed by atoms with Crippen LogP contribution in [-0.4, -0.2) is 63.5 Å². The van der Waals surface area contributed by atoms with Gasteiger partial charge in [0.15, 0.2) is 0 Å². The summed E-state index contributed by atoms with van der Waals surface area (Å²) in [7, 11) is 0. The van der Waals surface area contributed by atoms with Gasteiger partial charge in [-0.25, -0.2) is 9.59 Å². The van der Waals surface area contributed by atoms with Crippen LogP contribution in [0.4, 0.5) is 4.79 Å². The van der Waals surface area contributed by atoms with E-state index in [1.54, 1.807) is 85.7 Å². The number of carbonyl (C=O) groups is 5. The van der Waals surface area contributed by atoms with Crippen LogP contribution in [0.15, 0.2) is 60.7 Å². The summed E-state index contributed by atoms with van der Waals surface area (Å²) in [5.74, 6) is -2.85. The molecule has 4 amide bonds. The second-order valence-corrected chi connectivity index (χ2v) is 13.8. The number of alkyl carbamates (subject to hydrolysis) is 1. The van der Waals surface area contributed by atoms with E-state index in [0.717, 1.165) is 5.56 Å². The fourth-order valence-corrected chi connectivity index (χ4v) is 4.68. The van der Waals surface area contributed by atoms with Crippen LogP contribution < -0.4 is 16.4 Å². The molecule has 46 heavy (non-hydrogen) atoms. The van der Waals surface area contributed by atoms with Gasteiger partial charge in [0.25, 0.3) is 0 Å². The predicted octanol–water partition coefficient (Wildman–Crippen LogP) is 4.58. The van der Waals surface area contributed by atoms with Crippen LogP contribution in [0, 0.1) is 0 Å². The van der Waals surface area contributed by atoms with E-state index in [-0.39, 0.29) is 6.42 Å². The zero-order chi connectivity index (χ0) is 34.9. The number of esters is 1. The Balaban J connectivity index is 2.66. The second-order valence-electron chi connectivity index (χ2n) is 13.8. The first-order valence-corrected chi connectivity index (χ1v) is 15.5. The highest BCUT2D eigenvalue weighted by molar-refractivity contribution is 5.96. The Labute approximate surface area is 272 Å². The fraction of sp³-hybridized carbons (Fsp3) is 0.514. The Morgan fingerprint density at radius 3 is 1.76 bits per heavy atom. The Kier molecular flexibility index (Phi) is 12.9. The number of rotatable bonds is 13. The molecule has 11 nitrogen and oxygen atoms in total. The Morgan fingerprint density at radius 1 is 0.761 bits per heavy atom. The van der Waals surface area contributed by atoms with E-state index in [4.69, 9.17) is 15.2 Å². The summed E-state index contributed by atoms with van der Waals surface area (Å²) in [4.78, 5) is 68.7. The van der Waals surface area contributed by atoms with Crippen molar-refractivity contribution in [2.75, 3.05) is 0 Å². The number of hydrogen-bond donors (Lipinski definition) is 3. The molecule has 0 spiro atoms. The largest absolute Gasteiger partial charge is 0.458 e. The highest BCUT2D eigenvalue weighted by Crippen LogP contribution is 2.33. The quantitative estimate of drug-likeness (QED) is 0.271. The summed E-state index contributed by atoms with van der Waals surface area (Å²) in [6.45, 7) is 15.6. The van der Waals surface area contributed by atoms with Crippen molar-refractivity contribution in [3.8, 4) is 0 Å². The van der Waals surface area contributed by atoms with E-state index >= 15 is 0 Å². The van der Waals surface area contributed by atoms with Crippen LogP contribution in [0.25, 0.3) is 0 Å². The smallest absolute Gasteiger partial charge is 0.408 e. The van der Waals surface area contributed by atoms with Gasteiger partial charge in [-0.05, 0) is 72.9 Å². The van der Waals surface area contributed by atoms with Crippen molar-refractivity contribution in [1.82, 2.24) is 15.5 Å². The summed E-state index contributed by atoms with van der Waals surface area (Å²) in [5.41, 5.74) is 4.07. The van der Waals surface area contributed by atoms with E-state index in [1.165, 1.54) is 4.90 Å². The maximum absolute atomic E-state index is 14.5. The van der Waals surface area contributed by atoms with E-state index in [0.29, 0.717) is 12.0 Å². The number of carbonyl (C=O) groups excluding carboxylic acids is 5. The van der Waals surface area contributed by atoms with Crippen LogP contribution in [0.2, 0.25) is 0 Å². The third kappa shape index (κ3) is 11.8. The van der Waals surface area contributed by atoms with Gasteiger partial charge < -0.3 is 30.7 Å². The third-order valence-electron chi connectivity index (χ3n) is 7.06. The van der Waals surface area contributed by atoms with Crippen molar-refractivity contribution >= 4 is 29.8 Å². The minimum atomic E-state index is -1.44. The van der Waals surface area contributed by atoms with Crippen molar-refractivity contribution in [2.24, 2.45) is 5.73 Å². The Bertz CT molecular complexity index is 1350. The maximum atomic E-state index is 14.5. The molecule has 3 atom stereocenters. The first kappa shape index (κ1) is 37.8. The number of amides is 4. The molecule has 0 saturated heterocycles. The van der Waals surface area contributed by atoms with Gasteiger partial charge in [0, 0.05) is 12.0 Å². The molecule has 2 rings (SSSR count). The molecule has 4 N–H and O–H groups in total. The fourth-order valence-electron chi connectivity index (χ4n) is 4.68. The molecule has 2 aromatic carbocycles. The van der Waals surface area contributed by atoms with Gasteiger partial charge >= 0.3 is 12.1 Å².